The molecule has 2 amide bonds. The van der Waals surface area contributed by atoms with Crippen LogP contribution in [0.2, 0.25) is 0 Å². The van der Waals surface area contributed by atoms with E-state index in [4.69, 9.17) is 14.2 Å². The topological polar surface area (TPSA) is 125 Å². The van der Waals surface area contributed by atoms with Gasteiger partial charge in [0.25, 0.3) is 0 Å². The molecule has 14 heteroatoms. The van der Waals surface area contributed by atoms with Gasteiger partial charge in [-0.2, -0.15) is 0 Å². The summed E-state index contributed by atoms with van der Waals surface area (Å²) in [6.07, 6.45) is 0. The van der Waals surface area contributed by atoms with Gasteiger partial charge in [-0.1, -0.05) is 6.07 Å². The van der Waals surface area contributed by atoms with Crippen molar-refractivity contribution < 1.29 is 42.1 Å². The summed E-state index contributed by atoms with van der Waals surface area (Å²) in [5.41, 5.74) is 2.05. The smallest absolute Gasteiger partial charge is 0.349 e. The van der Waals surface area contributed by atoms with Gasteiger partial charge in [-0.25, -0.2) is 28.1 Å². The Morgan fingerprint density at radius 3 is 2.37 bits per heavy atom. The summed E-state index contributed by atoms with van der Waals surface area (Å²) < 4.78 is 49.4. The second-order valence-electron chi connectivity index (χ2n) is 7.42. The van der Waals surface area contributed by atoms with Crippen molar-refractivity contribution in [2.45, 2.75) is 6.61 Å². The molecule has 2 aromatic carbocycles. The van der Waals surface area contributed by atoms with Crippen LogP contribution < -0.4 is 20.1 Å². The lowest BCUT2D eigenvalue weighted by molar-refractivity contribution is 0.0561. The molecule has 0 saturated heterocycles. The second kappa shape index (κ2) is 11.4. The van der Waals surface area contributed by atoms with Gasteiger partial charge in [0.05, 0.1) is 48.4 Å². The van der Waals surface area contributed by atoms with E-state index in [0.717, 1.165) is 43.0 Å². The van der Waals surface area contributed by atoms with E-state index >= 15 is 0 Å². The molecule has 198 valence electrons. The standard InChI is InChI=1S/C24H19F2N3O7S2/c1-33-16-6-13(26)14(7-17(16)36-8-11-4-5-12(25)20-19(11)27-10-38-20)28-24(32)29-15-9-37-21(23(31)35-3)18(15)22(30)34-2/h4-7,9-10H,8H2,1-3H3,(H2,28,29,32). The first-order chi connectivity index (χ1) is 18.3. The maximum absolute atomic E-state index is 14.7. The monoisotopic (exact) mass is 563 g/mol. The number of urea groups is 1. The number of rotatable bonds is 8. The van der Waals surface area contributed by atoms with Gasteiger partial charge in [-0.05, 0) is 6.07 Å². The molecular weight excluding hydrogens is 544 g/mol. The van der Waals surface area contributed by atoms with Crippen molar-refractivity contribution in [3.8, 4) is 11.5 Å². The molecule has 0 aliphatic carbocycles. The van der Waals surface area contributed by atoms with Crippen molar-refractivity contribution in [3.05, 3.63) is 62.8 Å². The predicted molar refractivity (Wildman–Crippen MR) is 137 cm³/mol. The fraction of sp³-hybridized carbons (Fsp3) is 0.167. The number of anilines is 2. The summed E-state index contributed by atoms with van der Waals surface area (Å²) in [6.45, 7) is -0.0398. The molecule has 4 rings (SSSR count). The summed E-state index contributed by atoms with van der Waals surface area (Å²) in [5.74, 6) is -2.75. The van der Waals surface area contributed by atoms with E-state index in [1.54, 1.807) is 0 Å². The lowest BCUT2D eigenvalue weighted by atomic mass is 10.2. The molecule has 2 heterocycles. The number of hydrogen-bond donors (Lipinski definition) is 2. The molecule has 0 fully saturated rings. The molecule has 0 saturated carbocycles. The third kappa shape index (κ3) is 5.35. The first-order valence-corrected chi connectivity index (χ1v) is 12.4. The van der Waals surface area contributed by atoms with Crippen LogP contribution in [0.3, 0.4) is 0 Å². The molecule has 10 nitrogen and oxygen atoms in total. The number of hydrogen-bond acceptors (Lipinski definition) is 10. The zero-order valence-corrected chi connectivity index (χ0v) is 21.7. The van der Waals surface area contributed by atoms with Gasteiger partial charge in [0.2, 0.25) is 0 Å². The van der Waals surface area contributed by atoms with Crippen molar-refractivity contribution in [1.82, 2.24) is 4.98 Å². The number of carbonyl (C=O) groups is 3. The maximum Gasteiger partial charge on any atom is 0.349 e. The number of halogens is 2. The first kappa shape index (κ1) is 26.8. The van der Waals surface area contributed by atoms with Gasteiger partial charge in [-0.3, -0.25) is 0 Å². The van der Waals surface area contributed by atoms with Crippen LogP contribution in [0.4, 0.5) is 25.0 Å². The SMILES string of the molecule is COC(=O)c1scc(NC(=O)Nc2cc(OCc3ccc(F)c4scnc34)c(OC)cc2F)c1C(=O)OC. The Balaban J connectivity index is 1.55. The number of thiazole rings is 1. The molecule has 38 heavy (non-hydrogen) atoms. The van der Waals surface area contributed by atoms with Crippen LogP contribution >= 0.6 is 22.7 Å². The van der Waals surface area contributed by atoms with Crippen molar-refractivity contribution in [2.24, 2.45) is 0 Å². The summed E-state index contributed by atoms with van der Waals surface area (Å²) >= 11 is 2.02. The Bertz CT molecular complexity index is 1540. The normalized spacial score (nSPS) is 10.7. The van der Waals surface area contributed by atoms with E-state index in [1.807, 2.05) is 0 Å². The van der Waals surface area contributed by atoms with E-state index in [9.17, 15) is 23.2 Å². The molecule has 0 unspecified atom stereocenters. The van der Waals surface area contributed by atoms with Crippen molar-refractivity contribution in [2.75, 3.05) is 32.0 Å². The molecule has 0 spiro atoms. The average Bonchev–Trinajstić information content (AvgIpc) is 3.57. The quantitative estimate of drug-likeness (QED) is 0.272. The zero-order chi connectivity index (χ0) is 27.4. The minimum atomic E-state index is -0.915. The minimum Gasteiger partial charge on any atom is -0.493 e. The summed E-state index contributed by atoms with van der Waals surface area (Å²) in [7, 11) is 3.58. The Morgan fingerprint density at radius 1 is 0.921 bits per heavy atom. The molecule has 0 atom stereocenters. The van der Waals surface area contributed by atoms with Crippen LogP contribution in [-0.2, 0) is 16.1 Å². The second-order valence-corrected chi connectivity index (χ2v) is 9.16. The fourth-order valence-corrected chi connectivity index (χ4v) is 5.06. The van der Waals surface area contributed by atoms with Crippen LogP contribution in [0, 0.1) is 11.6 Å². The van der Waals surface area contributed by atoms with E-state index in [0.29, 0.717) is 15.8 Å². The number of ether oxygens (including phenoxy) is 4. The maximum atomic E-state index is 14.7. The van der Waals surface area contributed by atoms with Gasteiger partial charge >= 0.3 is 18.0 Å². The van der Waals surface area contributed by atoms with Crippen LogP contribution in [-0.4, -0.2) is 44.3 Å². The molecule has 0 aliphatic rings. The lowest BCUT2D eigenvalue weighted by Gasteiger charge is -2.15. The number of fused-ring (bicyclic) bond motifs is 1. The minimum absolute atomic E-state index is 0.0336. The van der Waals surface area contributed by atoms with Gasteiger partial charge in [-0.15, -0.1) is 22.7 Å². The summed E-state index contributed by atoms with van der Waals surface area (Å²) in [6, 6.07) is 4.15. The van der Waals surface area contributed by atoms with Crippen molar-refractivity contribution in [3.63, 3.8) is 0 Å². The lowest BCUT2D eigenvalue weighted by Crippen LogP contribution is -2.22. The van der Waals surface area contributed by atoms with Crippen LogP contribution in [0.15, 0.2) is 35.2 Å². The number of aromatic nitrogens is 1. The van der Waals surface area contributed by atoms with E-state index in [-0.39, 0.29) is 39.9 Å². The molecule has 0 bridgehead atoms. The van der Waals surface area contributed by atoms with E-state index < -0.39 is 29.6 Å². The number of nitrogens with one attached hydrogen (secondary N) is 2. The number of esters is 2. The summed E-state index contributed by atoms with van der Waals surface area (Å²) in [5, 5.41) is 6.08. The van der Waals surface area contributed by atoms with Crippen LogP contribution in [0.1, 0.15) is 25.6 Å². The first-order valence-electron chi connectivity index (χ1n) is 10.6. The van der Waals surface area contributed by atoms with Gasteiger partial charge in [0, 0.05) is 23.1 Å². The number of methoxy groups -OCH3 is 3. The van der Waals surface area contributed by atoms with Crippen LogP contribution in [0.25, 0.3) is 10.2 Å². The largest absolute Gasteiger partial charge is 0.493 e. The highest BCUT2D eigenvalue weighted by molar-refractivity contribution is 7.16. The van der Waals surface area contributed by atoms with Crippen molar-refractivity contribution >= 4 is 62.2 Å². The Labute approximate surface area is 222 Å². The number of carbonyl (C=O) groups excluding carboxylic acids is 3. The third-order valence-corrected chi connectivity index (χ3v) is 7.00. The molecular formula is C24H19F2N3O7S2. The molecule has 2 N–H and O–H groups in total. The van der Waals surface area contributed by atoms with E-state index in [1.165, 1.54) is 36.2 Å². The highest BCUT2D eigenvalue weighted by Gasteiger charge is 2.26. The molecule has 2 aromatic heterocycles. The Morgan fingerprint density at radius 2 is 1.66 bits per heavy atom. The Kier molecular flexibility index (Phi) is 8.02. The fourth-order valence-electron chi connectivity index (χ4n) is 3.42. The zero-order valence-electron chi connectivity index (χ0n) is 20.0. The van der Waals surface area contributed by atoms with E-state index in [2.05, 4.69) is 20.4 Å². The van der Waals surface area contributed by atoms with Gasteiger partial charge in [0.15, 0.2) is 17.3 Å². The molecule has 0 radical (unpaired) electrons. The number of nitrogens with zero attached hydrogens (tertiary/aromatic N) is 1. The third-order valence-electron chi connectivity index (χ3n) is 5.20. The highest BCUT2D eigenvalue weighted by Crippen LogP contribution is 2.35. The van der Waals surface area contributed by atoms with Gasteiger partial charge in [0.1, 0.15) is 22.9 Å². The predicted octanol–water partition coefficient (Wildman–Crippen LogP) is 5.44. The highest BCUT2D eigenvalue weighted by atomic mass is 32.1. The summed E-state index contributed by atoms with van der Waals surface area (Å²) in [4.78, 5) is 41.0. The number of benzene rings is 2. The van der Waals surface area contributed by atoms with Crippen molar-refractivity contribution in [1.29, 1.82) is 0 Å². The number of thiophene rings is 1. The van der Waals surface area contributed by atoms with Gasteiger partial charge < -0.3 is 29.6 Å². The molecule has 4 aromatic rings. The molecule has 0 aliphatic heterocycles. The Hall–Kier alpha value is -4.30. The number of amides is 2. The van der Waals surface area contributed by atoms with Crippen LogP contribution in [0.5, 0.6) is 11.5 Å². The average molecular weight is 564 g/mol.